The van der Waals surface area contributed by atoms with Crippen molar-refractivity contribution in [3.05, 3.63) is 64.0 Å². The molecule has 0 aliphatic rings. The molecule has 24 heavy (non-hydrogen) atoms. The van der Waals surface area contributed by atoms with Gasteiger partial charge in [-0.05, 0) is 36.9 Å². The Hall–Kier alpha value is -2.52. The molecule has 0 aliphatic heterocycles. The Morgan fingerprint density at radius 3 is 2.38 bits per heavy atom. The van der Waals surface area contributed by atoms with E-state index in [1.54, 1.807) is 24.1 Å². The van der Waals surface area contributed by atoms with Gasteiger partial charge in [0.2, 0.25) is 10.0 Å². The molecule has 9 heteroatoms. The number of halogens is 1. The molecule has 0 amide bonds. The van der Waals surface area contributed by atoms with Crippen LogP contribution in [0.2, 0.25) is 0 Å². The molecule has 2 aromatic rings. The Kier molecular flexibility index (Phi) is 5.15. The van der Waals surface area contributed by atoms with Gasteiger partial charge in [-0.25, -0.2) is 17.5 Å². The molecule has 0 spiro atoms. The molecule has 0 heterocycles. The van der Waals surface area contributed by atoms with Gasteiger partial charge in [0.15, 0.2) is 0 Å². The van der Waals surface area contributed by atoms with Crippen LogP contribution in [0.5, 0.6) is 0 Å². The van der Waals surface area contributed by atoms with Crippen molar-refractivity contribution >= 4 is 21.4 Å². The second kappa shape index (κ2) is 6.93. The van der Waals surface area contributed by atoms with Crippen LogP contribution in [0.3, 0.4) is 0 Å². The van der Waals surface area contributed by atoms with Crippen LogP contribution in [0, 0.1) is 15.9 Å². The number of anilines is 1. The first-order chi connectivity index (χ1) is 11.2. The van der Waals surface area contributed by atoms with Crippen LogP contribution in [0.4, 0.5) is 15.8 Å². The minimum Gasteiger partial charge on any atom is -0.365 e. The molecule has 2 rings (SSSR count). The molecule has 2 aromatic carbocycles. The Morgan fingerprint density at radius 2 is 1.83 bits per heavy atom. The first-order valence-electron chi connectivity index (χ1n) is 6.92. The average Bonchev–Trinajstić information content (AvgIpc) is 2.56. The van der Waals surface area contributed by atoms with Crippen LogP contribution < -0.4 is 9.62 Å². The number of hydrogen-bond acceptors (Lipinski definition) is 5. The number of nitrogens with one attached hydrogen (secondary N) is 1. The Balaban J connectivity index is 2.38. The van der Waals surface area contributed by atoms with E-state index >= 15 is 0 Å². The van der Waals surface area contributed by atoms with E-state index in [-0.39, 0.29) is 22.1 Å². The van der Waals surface area contributed by atoms with Crippen molar-refractivity contribution in [2.24, 2.45) is 0 Å². The molecule has 0 aromatic heterocycles. The molecular formula is C15H16FN3O4S. The summed E-state index contributed by atoms with van der Waals surface area (Å²) < 4.78 is 38.7. The van der Waals surface area contributed by atoms with Crippen LogP contribution in [0.25, 0.3) is 0 Å². The SMILES string of the molecule is CNS(=O)(=O)c1ccc(N(C)Cc2ccc(F)cc2)c([N+](=O)[O-])c1. The summed E-state index contributed by atoms with van der Waals surface area (Å²) in [6, 6.07) is 9.47. The number of hydrogen-bond donors (Lipinski definition) is 1. The highest BCUT2D eigenvalue weighted by Crippen LogP contribution is 2.31. The van der Waals surface area contributed by atoms with Gasteiger partial charge in [0.25, 0.3) is 5.69 Å². The monoisotopic (exact) mass is 353 g/mol. The highest BCUT2D eigenvalue weighted by Gasteiger charge is 2.22. The molecule has 128 valence electrons. The third kappa shape index (κ3) is 3.87. The van der Waals surface area contributed by atoms with Crippen molar-refractivity contribution in [1.29, 1.82) is 0 Å². The smallest absolute Gasteiger partial charge is 0.293 e. The fourth-order valence-corrected chi connectivity index (χ4v) is 2.96. The van der Waals surface area contributed by atoms with Crippen LogP contribution >= 0.6 is 0 Å². The molecule has 0 unspecified atom stereocenters. The number of nitro benzene ring substituents is 1. The van der Waals surface area contributed by atoms with Crippen LogP contribution in [-0.4, -0.2) is 27.4 Å². The lowest BCUT2D eigenvalue weighted by Crippen LogP contribution is -2.20. The first kappa shape index (κ1) is 17.8. The third-order valence-corrected chi connectivity index (χ3v) is 4.88. The van der Waals surface area contributed by atoms with E-state index in [4.69, 9.17) is 0 Å². The summed E-state index contributed by atoms with van der Waals surface area (Å²) >= 11 is 0. The number of rotatable bonds is 6. The molecule has 7 nitrogen and oxygen atoms in total. The van der Waals surface area contributed by atoms with Crippen molar-refractivity contribution in [1.82, 2.24) is 4.72 Å². The Labute approximate surface area is 138 Å². The Morgan fingerprint density at radius 1 is 1.21 bits per heavy atom. The maximum Gasteiger partial charge on any atom is 0.293 e. The molecule has 0 bridgehead atoms. The van der Waals surface area contributed by atoms with Gasteiger partial charge in [-0.15, -0.1) is 0 Å². The lowest BCUT2D eigenvalue weighted by Gasteiger charge is -2.19. The zero-order chi connectivity index (χ0) is 17.9. The summed E-state index contributed by atoms with van der Waals surface area (Å²) in [5.74, 6) is -0.367. The number of sulfonamides is 1. The maximum atomic E-state index is 12.9. The molecular weight excluding hydrogens is 337 g/mol. The summed E-state index contributed by atoms with van der Waals surface area (Å²) in [4.78, 5) is 12.1. The van der Waals surface area contributed by atoms with Gasteiger partial charge in [-0.1, -0.05) is 12.1 Å². The molecule has 0 radical (unpaired) electrons. The van der Waals surface area contributed by atoms with Gasteiger partial charge < -0.3 is 4.90 Å². The second-order valence-corrected chi connectivity index (χ2v) is 6.98. The zero-order valence-electron chi connectivity index (χ0n) is 13.1. The van der Waals surface area contributed by atoms with Crippen molar-refractivity contribution in [3.8, 4) is 0 Å². The van der Waals surface area contributed by atoms with Gasteiger partial charge in [-0.2, -0.15) is 0 Å². The lowest BCUT2D eigenvalue weighted by molar-refractivity contribution is -0.384. The minimum atomic E-state index is -3.77. The summed E-state index contributed by atoms with van der Waals surface area (Å²) in [6.45, 7) is 0.305. The maximum absolute atomic E-state index is 12.9. The molecule has 0 aliphatic carbocycles. The van der Waals surface area contributed by atoms with E-state index in [0.717, 1.165) is 11.6 Å². The van der Waals surface area contributed by atoms with E-state index in [0.29, 0.717) is 6.54 Å². The van der Waals surface area contributed by atoms with Crippen molar-refractivity contribution in [2.75, 3.05) is 19.0 Å². The molecule has 0 saturated heterocycles. The standard InChI is InChI=1S/C15H16FN3O4S/c1-17-24(22,23)13-7-8-14(15(9-13)19(20)21)18(2)10-11-3-5-12(16)6-4-11/h3-9,17H,10H2,1-2H3. The Bertz CT molecular complexity index is 854. The van der Waals surface area contributed by atoms with E-state index in [2.05, 4.69) is 4.72 Å². The lowest BCUT2D eigenvalue weighted by atomic mass is 10.2. The molecule has 0 atom stereocenters. The summed E-state index contributed by atoms with van der Waals surface area (Å²) in [6.07, 6.45) is 0. The zero-order valence-corrected chi connectivity index (χ0v) is 13.9. The number of benzene rings is 2. The topological polar surface area (TPSA) is 92.6 Å². The third-order valence-electron chi connectivity index (χ3n) is 3.47. The highest BCUT2D eigenvalue weighted by molar-refractivity contribution is 7.89. The van der Waals surface area contributed by atoms with Crippen molar-refractivity contribution in [3.63, 3.8) is 0 Å². The van der Waals surface area contributed by atoms with E-state index < -0.39 is 14.9 Å². The average molecular weight is 353 g/mol. The molecule has 1 N–H and O–H groups in total. The summed E-state index contributed by atoms with van der Waals surface area (Å²) in [5.41, 5.74) is 0.704. The predicted molar refractivity (Wildman–Crippen MR) is 87.8 cm³/mol. The van der Waals surface area contributed by atoms with Crippen LogP contribution in [0.1, 0.15) is 5.56 Å². The van der Waals surface area contributed by atoms with E-state index in [9.17, 15) is 22.9 Å². The second-order valence-electron chi connectivity index (χ2n) is 5.10. The van der Waals surface area contributed by atoms with Gasteiger partial charge >= 0.3 is 0 Å². The highest BCUT2D eigenvalue weighted by atomic mass is 32.2. The fourth-order valence-electron chi connectivity index (χ4n) is 2.21. The van der Waals surface area contributed by atoms with Gasteiger partial charge in [0, 0.05) is 19.7 Å². The summed E-state index contributed by atoms with van der Waals surface area (Å²) in [5, 5.41) is 11.3. The molecule has 0 saturated carbocycles. The van der Waals surface area contributed by atoms with Gasteiger partial charge in [0.1, 0.15) is 11.5 Å². The largest absolute Gasteiger partial charge is 0.365 e. The van der Waals surface area contributed by atoms with Crippen molar-refractivity contribution < 1.29 is 17.7 Å². The predicted octanol–water partition coefficient (Wildman–Crippen LogP) is 2.28. The first-order valence-corrected chi connectivity index (χ1v) is 8.40. The molecule has 0 fully saturated rings. The van der Waals surface area contributed by atoms with E-state index in [1.165, 1.54) is 31.3 Å². The van der Waals surface area contributed by atoms with Gasteiger partial charge in [0.05, 0.1) is 9.82 Å². The minimum absolute atomic E-state index is 0.185. The number of nitrogens with zero attached hydrogens (tertiary/aromatic N) is 2. The summed E-state index contributed by atoms with van der Waals surface area (Å²) in [7, 11) is -0.906. The van der Waals surface area contributed by atoms with E-state index in [1.807, 2.05) is 0 Å². The van der Waals surface area contributed by atoms with Crippen LogP contribution in [-0.2, 0) is 16.6 Å². The van der Waals surface area contributed by atoms with Crippen molar-refractivity contribution in [2.45, 2.75) is 11.4 Å². The normalized spacial score (nSPS) is 11.3. The fraction of sp³-hybridized carbons (Fsp3) is 0.200. The quantitative estimate of drug-likeness (QED) is 0.635. The number of nitro groups is 1. The van der Waals surface area contributed by atoms with Gasteiger partial charge in [-0.3, -0.25) is 10.1 Å². The van der Waals surface area contributed by atoms with Crippen LogP contribution in [0.15, 0.2) is 47.4 Å².